The quantitative estimate of drug-likeness (QED) is 0.597. The molecule has 15 heavy (non-hydrogen) atoms. The van der Waals surface area contributed by atoms with E-state index < -0.39 is 18.4 Å². The molecule has 2 N–H and O–H groups in total. The van der Waals surface area contributed by atoms with Crippen molar-refractivity contribution in [1.82, 2.24) is 0 Å². The maximum atomic E-state index is 11.3. The molecule has 0 aromatic rings. The Morgan fingerprint density at radius 2 is 2.13 bits per heavy atom. The van der Waals surface area contributed by atoms with E-state index in [1.165, 1.54) is 0 Å². The highest BCUT2D eigenvalue weighted by Gasteiger charge is 2.34. The van der Waals surface area contributed by atoms with E-state index in [0.29, 0.717) is 12.8 Å². The molecule has 5 heteroatoms. The lowest BCUT2D eigenvalue weighted by atomic mass is 10.0. The summed E-state index contributed by atoms with van der Waals surface area (Å²) >= 11 is 0. The van der Waals surface area contributed by atoms with E-state index in [1.54, 1.807) is 6.08 Å². The molecule has 0 amide bonds. The number of allylic oxidation sites excluding steroid dienone is 1. The van der Waals surface area contributed by atoms with Crippen molar-refractivity contribution in [2.45, 2.75) is 25.2 Å². The number of hydrogen-bond acceptors (Lipinski definition) is 5. The molecule has 2 atom stereocenters. The van der Waals surface area contributed by atoms with Crippen molar-refractivity contribution in [2.75, 3.05) is 0 Å². The third kappa shape index (κ3) is 1.71. The Bertz CT molecular complexity index is 379. The summed E-state index contributed by atoms with van der Waals surface area (Å²) in [6.45, 7) is 0. The second-order valence-electron chi connectivity index (χ2n) is 3.44. The molecule has 0 aromatic heterocycles. The molecule has 2 rings (SSSR count). The molecule has 0 radical (unpaired) electrons. The Hall–Kier alpha value is -1.46. The van der Waals surface area contributed by atoms with Crippen LogP contribution in [-0.4, -0.2) is 34.4 Å². The Labute approximate surface area is 85.7 Å². The molecule has 0 fully saturated rings. The summed E-state index contributed by atoms with van der Waals surface area (Å²) in [6, 6.07) is 0. The van der Waals surface area contributed by atoms with E-state index in [0.717, 1.165) is 6.08 Å². The average molecular weight is 210 g/mol. The van der Waals surface area contributed by atoms with Crippen LogP contribution in [-0.2, 0) is 14.3 Å². The number of rotatable bonds is 2. The molecule has 0 aromatic carbocycles. The van der Waals surface area contributed by atoms with Crippen LogP contribution in [0.25, 0.3) is 0 Å². The van der Waals surface area contributed by atoms with Crippen LogP contribution in [0.1, 0.15) is 12.8 Å². The van der Waals surface area contributed by atoms with Gasteiger partial charge in [-0.15, -0.1) is 0 Å². The molecule has 1 aliphatic carbocycles. The molecule has 0 bridgehead atoms. The summed E-state index contributed by atoms with van der Waals surface area (Å²) in [7, 11) is 0. The monoisotopic (exact) mass is 210 g/mol. The van der Waals surface area contributed by atoms with Crippen LogP contribution in [0.5, 0.6) is 0 Å². The lowest BCUT2D eigenvalue weighted by Crippen LogP contribution is -2.21. The molecule has 1 aliphatic heterocycles. The zero-order valence-corrected chi connectivity index (χ0v) is 7.84. The van der Waals surface area contributed by atoms with Gasteiger partial charge in [-0.05, 0) is 12.5 Å². The smallest absolute Gasteiger partial charge is 0.339 e. The fraction of sp³-hybridized carbons (Fsp3) is 0.400. The fourth-order valence-electron chi connectivity index (χ4n) is 1.68. The zero-order valence-electron chi connectivity index (χ0n) is 7.84. The molecular weight excluding hydrogens is 200 g/mol. The van der Waals surface area contributed by atoms with Crippen molar-refractivity contribution in [3.05, 3.63) is 23.3 Å². The normalized spacial score (nSPS) is 27.5. The van der Waals surface area contributed by atoms with Gasteiger partial charge >= 0.3 is 5.97 Å². The minimum Gasteiger partial charge on any atom is -0.429 e. The Morgan fingerprint density at radius 1 is 1.40 bits per heavy atom. The van der Waals surface area contributed by atoms with Gasteiger partial charge in [0.25, 0.3) is 0 Å². The first-order chi connectivity index (χ1) is 7.09. The van der Waals surface area contributed by atoms with Gasteiger partial charge in [-0.25, -0.2) is 4.79 Å². The van der Waals surface area contributed by atoms with Gasteiger partial charge in [0.15, 0.2) is 5.78 Å². The number of ketones is 1. The zero-order chi connectivity index (χ0) is 11.0. The predicted octanol–water partition coefficient (Wildman–Crippen LogP) is -0.562. The highest BCUT2D eigenvalue weighted by Crippen LogP contribution is 2.25. The van der Waals surface area contributed by atoms with Gasteiger partial charge in [0.2, 0.25) is 6.29 Å². The van der Waals surface area contributed by atoms with E-state index in [-0.39, 0.29) is 16.9 Å². The molecule has 0 saturated carbocycles. The maximum absolute atomic E-state index is 11.3. The summed E-state index contributed by atoms with van der Waals surface area (Å²) in [6.07, 6.45) is 1.06. The van der Waals surface area contributed by atoms with Crippen molar-refractivity contribution in [3.63, 3.8) is 0 Å². The largest absolute Gasteiger partial charge is 0.429 e. The van der Waals surface area contributed by atoms with Crippen LogP contribution in [0.15, 0.2) is 23.3 Å². The lowest BCUT2D eigenvalue weighted by Gasteiger charge is -2.09. The standard InChI is InChI=1S/C10H10O5/c11-7-3-1-2-5(7)9(13)6-4-8(12)15-10(6)14/h2,4,8-9,12-13H,1,3H2. The highest BCUT2D eigenvalue weighted by atomic mass is 16.6. The van der Waals surface area contributed by atoms with E-state index in [2.05, 4.69) is 4.74 Å². The number of Topliss-reactive ketones (excluding diaryl/α,β-unsaturated/α-hetero) is 1. The molecule has 2 unspecified atom stereocenters. The van der Waals surface area contributed by atoms with Crippen LogP contribution < -0.4 is 0 Å². The molecule has 0 spiro atoms. The molecule has 5 nitrogen and oxygen atoms in total. The number of carbonyl (C=O) groups excluding carboxylic acids is 2. The van der Waals surface area contributed by atoms with Gasteiger partial charge in [-0.2, -0.15) is 0 Å². The van der Waals surface area contributed by atoms with Gasteiger partial charge < -0.3 is 14.9 Å². The minimum atomic E-state index is -1.32. The molecule has 2 aliphatic rings. The number of aliphatic hydroxyl groups is 2. The van der Waals surface area contributed by atoms with Crippen LogP contribution in [0.2, 0.25) is 0 Å². The van der Waals surface area contributed by atoms with Gasteiger partial charge in [0.05, 0.1) is 5.57 Å². The van der Waals surface area contributed by atoms with E-state index in [9.17, 15) is 14.7 Å². The van der Waals surface area contributed by atoms with Crippen molar-refractivity contribution in [2.24, 2.45) is 0 Å². The minimum absolute atomic E-state index is 0.0657. The number of cyclic esters (lactones) is 1. The summed E-state index contributed by atoms with van der Waals surface area (Å²) in [4.78, 5) is 22.4. The Balaban J connectivity index is 2.21. The molecule has 80 valence electrons. The first kappa shape index (κ1) is 10.1. The molecular formula is C10H10O5. The van der Waals surface area contributed by atoms with E-state index in [4.69, 9.17) is 5.11 Å². The van der Waals surface area contributed by atoms with Gasteiger partial charge in [0.1, 0.15) is 6.10 Å². The SMILES string of the molecule is O=C1CCC=C1C(O)C1=CC(O)OC1=O. The third-order valence-electron chi connectivity index (χ3n) is 2.43. The first-order valence-corrected chi connectivity index (χ1v) is 4.61. The third-order valence-corrected chi connectivity index (χ3v) is 2.43. The fourth-order valence-corrected chi connectivity index (χ4v) is 1.68. The van der Waals surface area contributed by atoms with Crippen molar-refractivity contribution >= 4 is 11.8 Å². The topological polar surface area (TPSA) is 83.8 Å². The van der Waals surface area contributed by atoms with Crippen LogP contribution in [0.4, 0.5) is 0 Å². The van der Waals surface area contributed by atoms with Crippen LogP contribution >= 0.6 is 0 Å². The van der Waals surface area contributed by atoms with Crippen molar-refractivity contribution in [1.29, 1.82) is 0 Å². The highest BCUT2D eigenvalue weighted by molar-refractivity contribution is 6.02. The van der Waals surface area contributed by atoms with Gasteiger partial charge in [-0.3, -0.25) is 4.79 Å². The van der Waals surface area contributed by atoms with Crippen molar-refractivity contribution in [3.8, 4) is 0 Å². The van der Waals surface area contributed by atoms with Crippen molar-refractivity contribution < 1.29 is 24.5 Å². The number of hydrogen-bond donors (Lipinski definition) is 2. The van der Waals surface area contributed by atoms with Gasteiger partial charge in [0, 0.05) is 12.0 Å². The molecule has 1 heterocycles. The first-order valence-electron chi connectivity index (χ1n) is 4.61. The van der Waals surface area contributed by atoms with E-state index in [1.807, 2.05) is 0 Å². The number of esters is 1. The second kappa shape index (κ2) is 3.60. The average Bonchev–Trinajstić information content (AvgIpc) is 2.71. The van der Waals surface area contributed by atoms with E-state index >= 15 is 0 Å². The second-order valence-corrected chi connectivity index (χ2v) is 3.44. The van der Waals surface area contributed by atoms with Gasteiger partial charge in [-0.1, -0.05) is 6.08 Å². The summed E-state index contributed by atoms with van der Waals surface area (Å²) < 4.78 is 4.42. The maximum Gasteiger partial charge on any atom is 0.339 e. The van der Waals surface area contributed by atoms with Crippen LogP contribution in [0, 0.1) is 0 Å². The number of carbonyl (C=O) groups is 2. The lowest BCUT2D eigenvalue weighted by molar-refractivity contribution is -0.151. The molecule has 0 saturated heterocycles. The number of ether oxygens (including phenoxy) is 1. The summed E-state index contributed by atoms with van der Waals surface area (Å²) in [5.41, 5.74) is 0.149. The predicted molar refractivity (Wildman–Crippen MR) is 48.5 cm³/mol. The summed E-state index contributed by atoms with van der Waals surface area (Å²) in [5.74, 6) is -0.951. The Kier molecular flexibility index (Phi) is 2.42. The Morgan fingerprint density at radius 3 is 2.60 bits per heavy atom. The summed E-state index contributed by atoms with van der Waals surface area (Å²) in [5, 5.41) is 18.7. The van der Waals surface area contributed by atoms with Crippen LogP contribution in [0.3, 0.4) is 0 Å². The number of aliphatic hydroxyl groups excluding tert-OH is 2.